The number of hydrogen-bond acceptors (Lipinski definition) is 4. The Balaban J connectivity index is 1.94. The average molecular weight is 396 g/mol. The molecule has 0 spiro atoms. The average Bonchev–Trinajstić information content (AvgIpc) is 2.59. The highest BCUT2D eigenvalue weighted by molar-refractivity contribution is 6.37. The summed E-state index contributed by atoms with van der Waals surface area (Å²) >= 11 is 12.1. The summed E-state index contributed by atoms with van der Waals surface area (Å²) in [5.41, 5.74) is 1.74. The highest BCUT2D eigenvalue weighted by Crippen LogP contribution is 2.35. The van der Waals surface area contributed by atoms with E-state index < -0.39 is 0 Å². The van der Waals surface area contributed by atoms with Crippen LogP contribution in [0.3, 0.4) is 0 Å². The van der Waals surface area contributed by atoms with Gasteiger partial charge in [0.05, 0.1) is 23.7 Å². The highest BCUT2D eigenvalue weighted by Gasteiger charge is 2.10. The molecular formula is C18H19Cl2N3O3. The molecule has 0 atom stereocenters. The van der Waals surface area contributed by atoms with Crippen molar-refractivity contribution in [1.29, 1.82) is 0 Å². The molecular weight excluding hydrogens is 377 g/mol. The quantitative estimate of drug-likeness (QED) is 0.780. The molecule has 2 aromatic rings. The van der Waals surface area contributed by atoms with E-state index in [-0.39, 0.29) is 18.4 Å². The summed E-state index contributed by atoms with van der Waals surface area (Å²) in [4.78, 5) is 25.4. The number of carbonyl (C=O) groups excluding carboxylic acids is 2. The van der Waals surface area contributed by atoms with Crippen molar-refractivity contribution in [2.24, 2.45) is 0 Å². The second kappa shape index (κ2) is 8.78. The number of nitrogens with one attached hydrogen (secondary N) is 2. The molecule has 6 nitrogen and oxygen atoms in total. The van der Waals surface area contributed by atoms with Crippen LogP contribution in [0.1, 0.15) is 10.4 Å². The number of benzene rings is 2. The number of anilines is 2. The number of ether oxygens (including phenoxy) is 1. The largest absolute Gasteiger partial charge is 0.494 e. The molecule has 0 aromatic heterocycles. The van der Waals surface area contributed by atoms with Gasteiger partial charge in [-0.2, -0.15) is 0 Å². The van der Waals surface area contributed by atoms with Crippen LogP contribution in [-0.4, -0.2) is 44.5 Å². The molecule has 0 aliphatic carbocycles. The van der Waals surface area contributed by atoms with Crippen LogP contribution in [0.2, 0.25) is 10.0 Å². The van der Waals surface area contributed by atoms with E-state index in [0.717, 1.165) is 0 Å². The van der Waals surface area contributed by atoms with Crippen LogP contribution >= 0.6 is 23.2 Å². The van der Waals surface area contributed by atoms with Crippen LogP contribution in [0, 0.1) is 0 Å². The minimum Gasteiger partial charge on any atom is -0.494 e. The van der Waals surface area contributed by atoms with Gasteiger partial charge in [0.1, 0.15) is 0 Å². The predicted octanol–water partition coefficient (Wildman–Crippen LogP) is 3.75. The summed E-state index contributed by atoms with van der Waals surface area (Å²) in [6, 6.07) is 9.93. The Labute approximate surface area is 162 Å². The lowest BCUT2D eigenvalue weighted by molar-refractivity contribution is -0.114. The SMILES string of the molecule is COc1c(Cl)cc(NCC(=O)Nc2ccc(C(=O)N(C)C)cc2)cc1Cl. The van der Waals surface area contributed by atoms with Gasteiger partial charge in [0.25, 0.3) is 5.91 Å². The van der Waals surface area contributed by atoms with Gasteiger partial charge in [-0.05, 0) is 36.4 Å². The zero-order valence-corrected chi connectivity index (χ0v) is 16.1. The third-order valence-corrected chi connectivity index (χ3v) is 4.04. The number of hydrogen-bond donors (Lipinski definition) is 2. The van der Waals surface area contributed by atoms with Crippen molar-refractivity contribution in [3.63, 3.8) is 0 Å². The first kappa shape index (κ1) is 19.9. The lowest BCUT2D eigenvalue weighted by atomic mass is 10.2. The highest BCUT2D eigenvalue weighted by atomic mass is 35.5. The van der Waals surface area contributed by atoms with Gasteiger partial charge in [-0.15, -0.1) is 0 Å². The van der Waals surface area contributed by atoms with Crippen LogP contribution in [0.4, 0.5) is 11.4 Å². The van der Waals surface area contributed by atoms with Gasteiger partial charge in [-0.25, -0.2) is 0 Å². The lowest BCUT2D eigenvalue weighted by Gasteiger charge is -2.12. The zero-order valence-electron chi connectivity index (χ0n) is 14.6. The molecule has 8 heteroatoms. The molecule has 0 heterocycles. The fraction of sp³-hybridized carbons (Fsp3) is 0.222. The van der Waals surface area contributed by atoms with Crippen LogP contribution in [0.5, 0.6) is 5.75 Å². The summed E-state index contributed by atoms with van der Waals surface area (Å²) in [6.45, 7) is 0.0252. The molecule has 26 heavy (non-hydrogen) atoms. The van der Waals surface area contributed by atoms with Crippen molar-refractivity contribution in [3.8, 4) is 5.75 Å². The Morgan fingerprint density at radius 2 is 1.62 bits per heavy atom. The zero-order chi connectivity index (χ0) is 19.3. The fourth-order valence-corrected chi connectivity index (χ4v) is 2.84. The lowest BCUT2D eigenvalue weighted by Crippen LogP contribution is -2.23. The van der Waals surface area contributed by atoms with Gasteiger partial charge in [-0.3, -0.25) is 9.59 Å². The Morgan fingerprint density at radius 3 is 2.12 bits per heavy atom. The van der Waals surface area contributed by atoms with E-state index in [1.54, 1.807) is 50.5 Å². The van der Waals surface area contributed by atoms with Gasteiger partial charge in [0.15, 0.2) is 5.75 Å². The van der Waals surface area contributed by atoms with Crippen molar-refractivity contribution < 1.29 is 14.3 Å². The minimum absolute atomic E-state index is 0.0252. The molecule has 0 saturated carbocycles. The van der Waals surface area contributed by atoms with Gasteiger partial charge in [0.2, 0.25) is 5.91 Å². The number of carbonyl (C=O) groups is 2. The topological polar surface area (TPSA) is 70.7 Å². The Hall–Kier alpha value is -2.44. The summed E-state index contributed by atoms with van der Waals surface area (Å²) in [7, 11) is 4.84. The van der Waals surface area contributed by atoms with Gasteiger partial charge in [-0.1, -0.05) is 23.2 Å². The van der Waals surface area contributed by atoms with Crippen LogP contribution < -0.4 is 15.4 Å². The number of rotatable bonds is 6. The summed E-state index contributed by atoms with van der Waals surface area (Å²) in [5.74, 6) is 0.0354. The second-order valence-electron chi connectivity index (χ2n) is 5.65. The Morgan fingerprint density at radius 1 is 1.04 bits per heavy atom. The summed E-state index contributed by atoms with van der Waals surface area (Å²) < 4.78 is 5.08. The molecule has 0 bridgehead atoms. The van der Waals surface area contributed by atoms with Crippen LogP contribution in [0.15, 0.2) is 36.4 Å². The summed E-state index contributed by atoms with van der Waals surface area (Å²) in [5, 5.41) is 6.39. The van der Waals surface area contributed by atoms with Crippen LogP contribution in [0.25, 0.3) is 0 Å². The fourth-order valence-electron chi connectivity index (χ4n) is 2.20. The van der Waals surface area contributed by atoms with Crippen molar-refractivity contribution in [2.45, 2.75) is 0 Å². The van der Waals surface area contributed by atoms with E-state index in [9.17, 15) is 9.59 Å². The van der Waals surface area contributed by atoms with E-state index in [1.807, 2.05) is 0 Å². The molecule has 0 radical (unpaired) electrons. The van der Waals surface area contributed by atoms with E-state index in [2.05, 4.69) is 10.6 Å². The van der Waals surface area contributed by atoms with Crippen molar-refractivity contribution in [3.05, 3.63) is 52.0 Å². The second-order valence-corrected chi connectivity index (χ2v) is 6.47. The molecule has 2 N–H and O–H groups in total. The maximum absolute atomic E-state index is 12.1. The third-order valence-electron chi connectivity index (χ3n) is 3.48. The van der Waals surface area contributed by atoms with Gasteiger partial charge >= 0.3 is 0 Å². The molecule has 0 saturated heterocycles. The number of amides is 2. The first-order chi connectivity index (χ1) is 12.3. The number of nitrogens with zero attached hydrogens (tertiary/aromatic N) is 1. The molecule has 0 aliphatic rings. The van der Waals surface area contributed by atoms with Gasteiger partial charge < -0.3 is 20.3 Å². The number of methoxy groups -OCH3 is 1. The van der Waals surface area contributed by atoms with E-state index in [1.165, 1.54) is 12.0 Å². The monoisotopic (exact) mass is 395 g/mol. The normalized spacial score (nSPS) is 10.2. The molecule has 0 aliphatic heterocycles. The third kappa shape index (κ3) is 5.03. The summed E-state index contributed by atoms with van der Waals surface area (Å²) in [6.07, 6.45) is 0. The maximum Gasteiger partial charge on any atom is 0.253 e. The molecule has 0 fully saturated rings. The Bertz CT molecular complexity index is 785. The van der Waals surface area contributed by atoms with Crippen molar-refractivity contribution in [1.82, 2.24) is 4.90 Å². The van der Waals surface area contributed by atoms with Gasteiger partial charge in [0, 0.05) is 31.0 Å². The van der Waals surface area contributed by atoms with E-state index >= 15 is 0 Å². The van der Waals surface area contributed by atoms with E-state index in [0.29, 0.717) is 32.7 Å². The number of halogens is 2. The van der Waals surface area contributed by atoms with Crippen molar-refractivity contribution >= 4 is 46.4 Å². The molecule has 2 aromatic carbocycles. The first-order valence-electron chi connectivity index (χ1n) is 7.70. The molecule has 0 unspecified atom stereocenters. The minimum atomic E-state index is -0.250. The molecule has 138 valence electrons. The Kier molecular flexibility index (Phi) is 6.71. The molecule has 2 amide bonds. The maximum atomic E-state index is 12.1. The van der Waals surface area contributed by atoms with Crippen molar-refractivity contribution in [2.75, 3.05) is 38.4 Å². The van der Waals surface area contributed by atoms with E-state index in [4.69, 9.17) is 27.9 Å². The smallest absolute Gasteiger partial charge is 0.253 e. The van der Waals surface area contributed by atoms with Crippen LogP contribution in [-0.2, 0) is 4.79 Å². The molecule has 2 rings (SSSR count). The predicted molar refractivity (Wildman–Crippen MR) is 105 cm³/mol. The standard InChI is InChI=1S/C18H19Cl2N3O3/c1-23(2)18(25)11-4-6-12(7-5-11)22-16(24)10-21-13-8-14(19)17(26-3)15(20)9-13/h4-9,21H,10H2,1-3H3,(H,22,24). The first-order valence-corrected chi connectivity index (χ1v) is 8.46.